The third kappa shape index (κ3) is 6.26. The maximum Gasteiger partial charge on any atom is 0.306 e. The van der Waals surface area contributed by atoms with E-state index in [-0.39, 0.29) is 31.3 Å². The van der Waals surface area contributed by atoms with Crippen LogP contribution in [0.15, 0.2) is 24.3 Å². The minimum Gasteiger partial charge on any atom is -0.466 e. The molecule has 0 atom stereocenters. The van der Waals surface area contributed by atoms with Crippen LogP contribution in [0.1, 0.15) is 25.3 Å². The summed E-state index contributed by atoms with van der Waals surface area (Å²) in [6, 6.07) is 7.22. The van der Waals surface area contributed by atoms with Crippen molar-refractivity contribution in [2.24, 2.45) is 0 Å². The van der Waals surface area contributed by atoms with Crippen LogP contribution in [0, 0.1) is 11.8 Å². The minimum atomic E-state index is -0.371. The van der Waals surface area contributed by atoms with Crippen LogP contribution >= 0.6 is 11.6 Å². The molecule has 0 spiro atoms. The van der Waals surface area contributed by atoms with Gasteiger partial charge in [0.15, 0.2) is 0 Å². The van der Waals surface area contributed by atoms with Gasteiger partial charge in [-0.3, -0.25) is 9.59 Å². The zero-order valence-corrected chi connectivity index (χ0v) is 12.0. The summed E-state index contributed by atoms with van der Waals surface area (Å²) in [6.45, 7) is 2.26. The first-order valence-electron chi connectivity index (χ1n) is 6.29. The number of carbonyl (C=O) groups is 2. The van der Waals surface area contributed by atoms with Crippen LogP contribution in [-0.4, -0.2) is 25.0 Å². The predicted octanol–water partition coefficient (Wildman–Crippen LogP) is 2.15. The SMILES string of the molecule is CCOC(=O)CCC(=O)NCC#Cc1ccccc1Cl. The van der Waals surface area contributed by atoms with E-state index in [1.807, 2.05) is 12.1 Å². The molecule has 0 aliphatic rings. The fourth-order valence-corrected chi connectivity index (χ4v) is 1.56. The van der Waals surface area contributed by atoms with Crippen molar-refractivity contribution in [2.45, 2.75) is 19.8 Å². The molecule has 1 aromatic carbocycles. The lowest BCUT2D eigenvalue weighted by molar-refractivity contribution is -0.144. The molecule has 4 nitrogen and oxygen atoms in total. The van der Waals surface area contributed by atoms with Crippen LogP contribution in [-0.2, 0) is 14.3 Å². The van der Waals surface area contributed by atoms with Gasteiger partial charge in [-0.05, 0) is 19.1 Å². The van der Waals surface area contributed by atoms with Crippen LogP contribution in [0.2, 0.25) is 5.02 Å². The van der Waals surface area contributed by atoms with E-state index in [1.165, 1.54) is 0 Å². The average molecular weight is 294 g/mol. The minimum absolute atomic E-state index is 0.0810. The number of amides is 1. The number of benzene rings is 1. The van der Waals surface area contributed by atoms with Crippen LogP contribution in [0.3, 0.4) is 0 Å². The topological polar surface area (TPSA) is 55.4 Å². The van der Waals surface area contributed by atoms with Crippen molar-refractivity contribution in [3.8, 4) is 11.8 Å². The van der Waals surface area contributed by atoms with E-state index < -0.39 is 0 Å². The molecule has 0 radical (unpaired) electrons. The maximum absolute atomic E-state index is 11.4. The summed E-state index contributed by atoms with van der Waals surface area (Å²) in [6.07, 6.45) is 0.185. The highest BCUT2D eigenvalue weighted by atomic mass is 35.5. The first-order valence-corrected chi connectivity index (χ1v) is 6.67. The highest BCUT2D eigenvalue weighted by Crippen LogP contribution is 2.12. The molecule has 0 unspecified atom stereocenters. The van der Waals surface area contributed by atoms with E-state index >= 15 is 0 Å². The van der Waals surface area contributed by atoms with Gasteiger partial charge in [0.25, 0.3) is 0 Å². The monoisotopic (exact) mass is 293 g/mol. The summed E-state index contributed by atoms with van der Waals surface area (Å²) < 4.78 is 4.73. The van der Waals surface area contributed by atoms with Gasteiger partial charge in [0.1, 0.15) is 0 Å². The lowest BCUT2D eigenvalue weighted by Gasteiger charge is -2.01. The molecule has 1 amide bonds. The molecule has 0 fully saturated rings. The Morgan fingerprint density at radius 1 is 1.30 bits per heavy atom. The van der Waals surface area contributed by atoms with E-state index in [2.05, 4.69) is 17.2 Å². The van der Waals surface area contributed by atoms with Gasteiger partial charge in [0.2, 0.25) is 5.91 Å². The summed E-state index contributed by atoms with van der Waals surface area (Å²) in [5.41, 5.74) is 0.718. The Morgan fingerprint density at radius 3 is 2.75 bits per heavy atom. The van der Waals surface area contributed by atoms with E-state index in [0.29, 0.717) is 11.6 Å². The molecule has 106 valence electrons. The van der Waals surface area contributed by atoms with E-state index in [4.69, 9.17) is 16.3 Å². The Balaban J connectivity index is 2.29. The lowest BCUT2D eigenvalue weighted by Crippen LogP contribution is -2.24. The standard InChI is InChI=1S/C15H16ClNO3/c1-2-20-15(19)10-9-14(18)17-11-5-7-12-6-3-4-8-13(12)16/h3-4,6,8H,2,9-11H2,1H3,(H,17,18). The highest BCUT2D eigenvalue weighted by molar-refractivity contribution is 6.31. The maximum atomic E-state index is 11.4. The second kappa shape index (κ2) is 9.00. The Hall–Kier alpha value is -1.99. The average Bonchev–Trinajstić information content (AvgIpc) is 2.43. The quantitative estimate of drug-likeness (QED) is 0.668. The second-order valence-corrected chi connectivity index (χ2v) is 4.27. The molecular weight excluding hydrogens is 278 g/mol. The zero-order valence-electron chi connectivity index (χ0n) is 11.2. The van der Waals surface area contributed by atoms with Gasteiger partial charge in [0.05, 0.1) is 24.6 Å². The molecular formula is C15H16ClNO3. The predicted molar refractivity (Wildman–Crippen MR) is 77.2 cm³/mol. The van der Waals surface area contributed by atoms with Crippen molar-refractivity contribution in [2.75, 3.05) is 13.2 Å². The number of hydrogen-bond donors (Lipinski definition) is 1. The van der Waals surface area contributed by atoms with Crippen molar-refractivity contribution >= 4 is 23.5 Å². The Labute approximate surface area is 123 Å². The number of rotatable bonds is 5. The molecule has 1 aromatic rings. The largest absolute Gasteiger partial charge is 0.466 e. The fraction of sp³-hybridized carbons (Fsp3) is 0.333. The molecule has 0 saturated heterocycles. The molecule has 0 bridgehead atoms. The molecule has 0 saturated carbocycles. The van der Waals surface area contributed by atoms with E-state index in [1.54, 1.807) is 19.1 Å². The Morgan fingerprint density at radius 2 is 2.05 bits per heavy atom. The van der Waals surface area contributed by atoms with Crippen molar-refractivity contribution in [3.63, 3.8) is 0 Å². The number of carbonyl (C=O) groups excluding carboxylic acids is 2. The molecule has 1 N–H and O–H groups in total. The summed E-state index contributed by atoms with van der Waals surface area (Å²) in [5, 5.41) is 3.18. The molecule has 1 rings (SSSR count). The van der Waals surface area contributed by atoms with Crippen LogP contribution in [0.25, 0.3) is 0 Å². The van der Waals surface area contributed by atoms with Crippen molar-refractivity contribution in [3.05, 3.63) is 34.9 Å². The smallest absolute Gasteiger partial charge is 0.306 e. The van der Waals surface area contributed by atoms with E-state index in [9.17, 15) is 9.59 Å². The number of ether oxygens (including phenoxy) is 1. The van der Waals surface area contributed by atoms with Gasteiger partial charge in [-0.2, -0.15) is 0 Å². The van der Waals surface area contributed by atoms with Gasteiger partial charge < -0.3 is 10.1 Å². The molecule has 0 aliphatic heterocycles. The zero-order chi connectivity index (χ0) is 14.8. The number of esters is 1. The third-order valence-corrected chi connectivity index (χ3v) is 2.66. The lowest BCUT2D eigenvalue weighted by atomic mass is 10.2. The van der Waals surface area contributed by atoms with Crippen molar-refractivity contribution in [1.82, 2.24) is 5.32 Å². The molecule has 20 heavy (non-hydrogen) atoms. The molecule has 0 heterocycles. The van der Waals surface area contributed by atoms with Gasteiger partial charge in [-0.25, -0.2) is 0 Å². The number of nitrogens with one attached hydrogen (secondary N) is 1. The Bertz CT molecular complexity index is 531. The number of halogens is 1. The van der Waals surface area contributed by atoms with Crippen molar-refractivity contribution in [1.29, 1.82) is 0 Å². The van der Waals surface area contributed by atoms with Gasteiger partial charge in [-0.15, -0.1) is 0 Å². The highest BCUT2D eigenvalue weighted by Gasteiger charge is 2.06. The Kier molecular flexibility index (Phi) is 7.23. The van der Waals surface area contributed by atoms with Crippen LogP contribution < -0.4 is 5.32 Å². The molecule has 0 aromatic heterocycles. The summed E-state index contributed by atoms with van der Waals surface area (Å²) in [4.78, 5) is 22.5. The first kappa shape index (κ1) is 16.1. The van der Waals surface area contributed by atoms with Crippen LogP contribution in [0.5, 0.6) is 0 Å². The first-order chi connectivity index (χ1) is 9.63. The molecule has 5 heteroatoms. The van der Waals surface area contributed by atoms with Crippen molar-refractivity contribution < 1.29 is 14.3 Å². The molecule has 0 aliphatic carbocycles. The van der Waals surface area contributed by atoms with Gasteiger partial charge >= 0.3 is 5.97 Å². The third-order valence-electron chi connectivity index (χ3n) is 2.33. The van der Waals surface area contributed by atoms with Gasteiger partial charge in [0, 0.05) is 12.0 Å². The van der Waals surface area contributed by atoms with Crippen LogP contribution in [0.4, 0.5) is 0 Å². The normalized spacial score (nSPS) is 9.30. The number of hydrogen-bond acceptors (Lipinski definition) is 3. The van der Waals surface area contributed by atoms with E-state index in [0.717, 1.165) is 5.56 Å². The van der Waals surface area contributed by atoms with Gasteiger partial charge in [-0.1, -0.05) is 35.6 Å². The summed E-state index contributed by atoms with van der Waals surface area (Å²) in [7, 11) is 0. The summed E-state index contributed by atoms with van der Waals surface area (Å²) >= 11 is 5.94. The summed E-state index contributed by atoms with van der Waals surface area (Å²) in [5.74, 6) is 5.07. The fourth-order valence-electron chi connectivity index (χ4n) is 1.38. The second-order valence-electron chi connectivity index (χ2n) is 3.86.